The Balaban J connectivity index is 5.96. The molecule has 0 fully saturated rings. The number of primary amides is 1. The monoisotopic (exact) mass is 492 g/mol. The number of ether oxygens (including phenoxy) is 1. The maximum absolute atomic E-state index is 12.7. The third-order valence-corrected chi connectivity index (χ3v) is 4.77. The van der Waals surface area contributed by atoms with Gasteiger partial charge in [0.2, 0.25) is 23.6 Å². The van der Waals surface area contributed by atoms with Gasteiger partial charge >= 0.3 is 5.97 Å². The van der Waals surface area contributed by atoms with Crippen LogP contribution in [0.15, 0.2) is 0 Å². The van der Waals surface area contributed by atoms with Crippen molar-refractivity contribution in [3.8, 4) is 0 Å². The zero-order valence-corrected chi connectivity index (χ0v) is 19.0. The first-order valence-corrected chi connectivity index (χ1v) is 10.2. The van der Waals surface area contributed by atoms with Gasteiger partial charge in [0.05, 0.1) is 12.5 Å². The first-order valence-electron chi connectivity index (χ1n) is 10.2. The molecule has 0 aromatic rings. The zero-order chi connectivity index (χ0) is 26.6. The Hall–Kier alpha value is -3.14. The van der Waals surface area contributed by atoms with Crippen LogP contribution in [0, 0.1) is 5.92 Å². The quantitative estimate of drug-likeness (QED) is 0.0950. The largest absolute Gasteiger partial charge is 0.481 e. The molecule has 194 valence electrons. The van der Waals surface area contributed by atoms with Crippen LogP contribution >= 0.6 is 0 Å². The molecule has 0 bridgehead atoms. The van der Waals surface area contributed by atoms with E-state index in [0.717, 1.165) is 6.92 Å². The number of carboxylic acids is 1. The van der Waals surface area contributed by atoms with Crippen molar-refractivity contribution in [3.63, 3.8) is 0 Å². The standard InChI is InChI=1S/C19H32N4O11/c1-8(18(32)23-10(17(20)31)4-5-13(28)29)15(19(33)21-3)34-16(14(30)12(27)7-25)11(6-24)22-9(2)26/h6,8,10-12,14-16,25,27,30H,4-5,7H2,1-3H3,(H2,20,31)(H,21,33)(H,22,26)(H,23,32)(H,28,29)/t8?,10?,11-,12+,14+,15?,16+/m0/s1. The number of hydrogen-bond acceptors (Lipinski definition) is 10. The van der Waals surface area contributed by atoms with Crippen LogP contribution in [0.5, 0.6) is 0 Å². The van der Waals surface area contributed by atoms with Crippen LogP contribution in [0.2, 0.25) is 0 Å². The highest BCUT2D eigenvalue weighted by Crippen LogP contribution is 2.18. The SMILES string of the molecule is CNC(=O)C(O[C@@H]([C@H](O)[C@H](O)CO)[C@H](C=O)NC(C)=O)C(C)C(=O)NC(CCC(=O)O)C(N)=O. The number of aliphatic hydroxyl groups excluding tert-OH is 3. The van der Waals surface area contributed by atoms with E-state index < -0.39 is 85.0 Å². The molecular formula is C19H32N4O11. The Morgan fingerprint density at radius 2 is 1.68 bits per heavy atom. The highest BCUT2D eigenvalue weighted by Gasteiger charge is 2.41. The van der Waals surface area contributed by atoms with Crippen molar-refractivity contribution in [2.45, 2.75) is 63.2 Å². The molecule has 7 atom stereocenters. The number of nitrogens with one attached hydrogen (secondary N) is 3. The summed E-state index contributed by atoms with van der Waals surface area (Å²) in [7, 11) is 1.20. The summed E-state index contributed by atoms with van der Waals surface area (Å²) < 4.78 is 5.51. The fourth-order valence-electron chi connectivity index (χ4n) is 2.85. The smallest absolute Gasteiger partial charge is 0.303 e. The number of hydrogen-bond donors (Lipinski definition) is 8. The number of aldehydes is 1. The number of rotatable bonds is 16. The van der Waals surface area contributed by atoms with Gasteiger partial charge in [-0.3, -0.25) is 24.0 Å². The first-order chi connectivity index (χ1) is 15.8. The van der Waals surface area contributed by atoms with Gasteiger partial charge < -0.3 is 51.6 Å². The molecule has 0 aromatic heterocycles. The topological polar surface area (TPSA) is 255 Å². The van der Waals surface area contributed by atoms with Crippen molar-refractivity contribution < 1.29 is 53.9 Å². The second-order valence-corrected chi connectivity index (χ2v) is 7.42. The van der Waals surface area contributed by atoms with Gasteiger partial charge in [0.1, 0.15) is 42.8 Å². The fourth-order valence-corrected chi connectivity index (χ4v) is 2.85. The molecule has 0 spiro atoms. The number of aliphatic carboxylic acids is 1. The predicted molar refractivity (Wildman–Crippen MR) is 113 cm³/mol. The Bertz CT molecular complexity index is 748. The van der Waals surface area contributed by atoms with E-state index in [4.69, 9.17) is 20.7 Å². The van der Waals surface area contributed by atoms with Gasteiger partial charge in [0.15, 0.2) is 0 Å². The van der Waals surface area contributed by atoms with Gasteiger partial charge in [-0.2, -0.15) is 0 Å². The van der Waals surface area contributed by atoms with E-state index in [1.807, 2.05) is 0 Å². The number of nitrogens with two attached hydrogens (primary N) is 1. The van der Waals surface area contributed by atoms with Crippen molar-refractivity contribution in [1.82, 2.24) is 16.0 Å². The van der Waals surface area contributed by atoms with Crippen molar-refractivity contribution in [3.05, 3.63) is 0 Å². The van der Waals surface area contributed by atoms with Gasteiger partial charge in [-0.1, -0.05) is 6.92 Å². The zero-order valence-electron chi connectivity index (χ0n) is 19.0. The maximum atomic E-state index is 12.7. The molecule has 0 radical (unpaired) electrons. The van der Waals surface area contributed by atoms with Crippen molar-refractivity contribution >= 4 is 35.9 Å². The second kappa shape index (κ2) is 14.9. The number of carbonyl (C=O) groups is 6. The molecule has 0 rings (SSSR count). The third kappa shape index (κ3) is 9.78. The van der Waals surface area contributed by atoms with Crippen LogP contribution in [0.3, 0.4) is 0 Å². The summed E-state index contributed by atoms with van der Waals surface area (Å²) in [5.74, 6) is -6.26. The molecular weight excluding hydrogens is 460 g/mol. The van der Waals surface area contributed by atoms with Crippen molar-refractivity contribution in [2.24, 2.45) is 11.7 Å². The lowest BCUT2D eigenvalue weighted by molar-refractivity contribution is -0.168. The van der Waals surface area contributed by atoms with E-state index in [9.17, 15) is 39.0 Å². The number of carboxylic acid groups (broad SMARTS) is 1. The molecule has 4 amide bonds. The Kier molecular flexibility index (Phi) is 13.5. The number of likely N-dealkylation sites (N-methyl/N-ethyl adjacent to an activating group) is 1. The van der Waals surface area contributed by atoms with E-state index in [-0.39, 0.29) is 12.7 Å². The van der Waals surface area contributed by atoms with Crippen LogP contribution in [0.1, 0.15) is 26.7 Å². The Morgan fingerprint density at radius 3 is 2.09 bits per heavy atom. The third-order valence-electron chi connectivity index (χ3n) is 4.77. The van der Waals surface area contributed by atoms with Crippen LogP contribution in [-0.2, 0) is 33.5 Å². The molecule has 15 heteroatoms. The summed E-state index contributed by atoms with van der Waals surface area (Å²) in [6.07, 6.45) is -7.99. The molecule has 0 aliphatic carbocycles. The van der Waals surface area contributed by atoms with Gasteiger partial charge in [0.25, 0.3) is 0 Å². The molecule has 0 heterocycles. The van der Waals surface area contributed by atoms with E-state index in [0.29, 0.717) is 0 Å². The highest BCUT2D eigenvalue weighted by atomic mass is 16.5. The van der Waals surface area contributed by atoms with Gasteiger partial charge in [-0.25, -0.2) is 0 Å². The molecule has 0 saturated heterocycles. The number of amides is 4. The molecule has 15 nitrogen and oxygen atoms in total. The molecule has 0 aliphatic rings. The van der Waals surface area contributed by atoms with Crippen molar-refractivity contribution in [2.75, 3.05) is 13.7 Å². The van der Waals surface area contributed by atoms with Crippen LogP contribution in [0.25, 0.3) is 0 Å². The normalized spacial score (nSPS) is 17.1. The number of aliphatic hydroxyl groups is 3. The maximum Gasteiger partial charge on any atom is 0.303 e. The van der Waals surface area contributed by atoms with Crippen LogP contribution in [0.4, 0.5) is 0 Å². The van der Waals surface area contributed by atoms with Gasteiger partial charge in [-0.15, -0.1) is 0 Å². The first kappa shape index (κ1) is 30.9. The Labute approximate surface area is 195 Å². The molecule has 0 saturated carbocycles. The second-order valence-electron chi connectivity index (χ2n) is 7.42. The summed E-state index contributed by atoms with van der Waals surface area (Å²) in [6.45, 7) is 1.29. The molecule has 9 N–H and O–H groups in total. The molecule has 0 aliphatic heterocycles. The minimum Gasteiger partial charge on any atom is -0.481 e. The van der Waals surface area contributed by atoms with E-state index in [2.05, 4.69) is 16.0 Å². The Morgan fingerprint density at radius 1 is 1.09 bits per heavy atom. The van der Waals surface area contributed by atoms with Crippen molar-refractivity contribution in [1.29, 1.82) is 0 Å². The lowest BCUT2D eigenvalue weighted by Crippen LogP contribution is -2.58. The molecule has 3 unspecified atom stereocenters. The lowest BCUT2D eigenvalue weighted by Gasteiger charge is -2.34. The summed E-state index contributed by atoms with van der Waals surface area (Å²) in [5, 5.41) is 44.7. The fraction of sp³-hybridized carbons (Fsp3) is 0.684. The van der Waals surface area contributed by atoms with E-state index in [1.54, 1.807) is 0 Å². The van der Waals surface area contributed by atoms with Gasteiger partial charge in [0, 0.05) is 20.4 Å². The minimum atomic E-state index is -1.98. The van der Waals surface area contributed by atoms with Gasteiger partial charge in [-0.05, 0) is 6.42 Å². The average Bonchev–Trinajstić information content (AvgIpc) is 2.78. The minimum absolute atomic E-state index is 0.167. The summed E-state index contributed by atoms with van der Waals surface area (Å²) >= 11 is 0. The average molecular weight is 492 g/mol. The molecule has 34 heavy (non-hydrogen) atoms. The van der Waals surface area contributed by atoms with E-state index >= 15 is 0 Å². The highest BCUT2D eigenvalue weighted by molar-refractivity contribution is 5.92. The molecule has 0 aromatic carbocycles. The summed E-state index contributed by atoms with van der Waals surface area (Å²) in [5.41, 5.74) is 5.19. The lowest BCUT2D eigenvalue weighted by atomic mass is 9.98. The summed E-state index contributed by atoms with van der Waals surface area (Å²) in [6, 6.07) is -2.97. The predicted octanol–water partition coefficient (Wildman–Crippen LogP) is -4.63. The summed E-state index contributed by atoms with van der Waals surface area (Å²) in [4.78, 5) is 70.5. The van der Waals surface area contributed by atoms with E-state index in [1.165, 1.54) is 14.0 Å². The number of carbonyl (C=O) groups excluding carboxylic acids is 5. The van der Waals surface area contributed by atoms with Crippen LogP contribution < -0.4 is 21.7 Å². The van der Waals surface area contributed by atoms with Crippen LogP contribution in [-0.4, -0.2) is 106 Å².